The number of hydrogen-bond acceptors (Lipinski definition) is 7. The molecule has 1 heterocycles. The molecular formula is C15H21N5O3S. The molecule has 0 aliphatic carbocycles. The highest BCUT2D eigenvalue weighted by Crippen LogP contribution is 2.28. The number of aromatic nitrogens is 3. The first-order valence-corrected chi connectivity index (χ1v) is 8.34. The maximum Gasteiger partial charge on any atom is 0.233 e. The highest BCUT2D eigenvalue weighted by atomic mass is 32.2. The fourth-order valence-electron chi connectivity index (χ4n) is 2.13. The van der Waals surface area contributed by atoms with E-state index in [1.165, 1.54) is 22.8 Å². The molecule has 0 unspecified atom stereocenters. The van der Waals surface area contributed by atoms with Gasteiger partial charge in [-0.05, 0) is 24.6 Å². The van der Waals surface area contributed by atoms with Gasteiger partial charge >= 0.3 is 0 Å². The Bertz CT molecular complexity index is 691. The Balaban J connectivity index is 2.00. The molecule has 8 nitrogen and oxygen atoms in total. The zero-order valence-corrected chi connectivity index (χ0v) is 14.7. The molecule has 24 heavy (non-hydrogen) atoms. The number of carbonyl (C=O) groups excluding carboxylic acids is 1. The molecule has 0 aliphatic rings. The van der Waals surface area contributed by atoms with Crippen LogP contribution < -0.4 is 15.3 Å². The predicted octanol–water partition coefficient (Wildman–Crippen LogP) is 1.15. The Morgan fingerprint density at radius 1 is 1.33 bits per heavy atom. The van der Waals surface area contributed by atoms with Crippen molar-refractivity contribution in [3.63, 3.8) is 0 Å². The van der Waals surface area contributed by atoms with Gasteiger partial charge in [0.25, 0.3) is 0 Å². The first-order valence-electron chi connectivity index (χ1n) is 7.35. The molecule has 1 aromatic heterocycles. The van der Waals surface area contributed by atoms with E-state index >= 15 is 0 Å². The second-order valence-corrected chi connectivity index (χ2v) is 5.85. The van der Waals surface area contributed by atoms with Gasteiger partial charge in [0.15, 0.2) is 11.5 Å². The molecule has 0 fully saturated rings. The van der Waals surface area contributed by atoms with Gasteiger partial charge in [0.1, 0.15) is 6.33 Å². The van der Waals surface area contributed by atoms with Crippen molar-refractivity contribution in [2.24, 2.45) is 0 Å². The Hall–Kier alpha value is -2.42. The second kappa shape index (κ2) is 8.44. The second-order valence-electron chi connectivity index (χ2n) is 4.91. The van der Waals surface area contributed by atoms with Crippen molar-refractivity contribution in [3.8, 4) is 11.5 Å². The maximum atomic E-state index is 12.4. The summed E-state index contributed by atoms with van der Waals surface area (Å²) in [6, 6.07) is 5.62. The molecule has 2 aromatic rings. The van der Waals surface area contributed by atoms with E-state index < -0.39 is 0 Å². The summed E-state index contributed by atoms with van der Waals surface area (Å²) in [4.78, 5) is 14.2. The molecule has 0 bridgehead atoms. The molecule has 0 aliphatic heterocycles. The largest absolute Gasteiger partial charge is 0.493 e. The average Bonchev–Trinajstić information content (AvgIpc) is 3.02. The standard InChI is InChI=1S/C15H21N5O3S/c1-4-19(14(21)9-24-15-18-17-10-20(15)16)8-11-5-6-12(22-2)13(7-11)23-3/h5-7,10H,4,8-9,16H2,1-3H3. The summed E-state index contributed by atoms with van der Waals surface area (Å²) >= 11 is 1.26. The van der Waals surface area contributed by atoms with Crippen LogP contribution in [0.15, 0.2) is 29.7 Å². The molecule has 0 spiro atoms. The van der Waals surface area contributed by atoms with Gasteiger partial charge in [-0.1, -0.05) is 17.8 Å². The number of rotatable bonds is 8. The van der Waals surface area contributed by atoms with Crippen LogP contribution in [-0.4, -0.2) is 52.2 Å². The van der Waals surface area contributed by atoms with Crippen LogP contribution in [0.25, 0.3) is 0 Å². The van der Waals surface area contributed by atoms with Crippen LogP contribution in [0.3, 0.4) is 0 Å². The van der Waals surface area contributed by atoms with Crippen molar-refractivity contribution in [2.45, 2.75) is 18.6 Å². The Kier molecular flexibility index (Phi) is 6.30. The molecule has 0 radical (unpaired) electrons. The molecule has 0 atom stereocenters. The number of ether oxygens (including phenoxy) is 2. The van der Waals surface area contributed by atoms with Gasteiger partial charge in [-0.25, -0.2) is 4.68 Å². The number of nitrogens with zero attached hydrogens (tertiary/aromatic N) is 4. The van der Waals surface area contributed by atoms with Crippen molar-refractivity contribution in [3.05, 3.63) is 30.1 Å². The summed E-state index contributed by atoms with van der Waals surface area (Å²) in [6.45, 7) is 3.03. The summed E-state index contributed by atoms with van der Waals surface area (Å²) in [6.07, 6.45) is 1.40. The lowest BCUT2D eigenvalue weighted by molar-refractivity contribution is -0.128. The molecule has 1 amide bonds. The molecule has 2 N–H and O–H groups in total. The Labute approximate surface area is 144 Å². The van der Waals surface area contributed by atoms with E-state index in [0.717, 1.165) is 5.56 Å². The highest BCUT2D eigenvalue weighted by Gasteiger charge is 2.15. The zero-order chi connectivity index (χ0) is 17.5. The Morgan fingerprint density at radius 3 is 2.67 bits per heavy atom. The predicted molar refractivity (Wildman–Crippen MR) is 91.5 cm³/mol. The third kappa shape index (κ3) is 4.31. The monoisotopic (exact) mass is 351 g/mol. The third-order valence-corrected chi connectivity index (χ3v) is 4.36. The van der Waals surface area contributed by atoms with Gasteiger partial charge in [0.2, 0.25) is 11.1 Å². The fraction of sp³-hybridized carbons (Fsp3) is 0.400. The van der Waals surface area contributed by atoms with Crippen LogP contribution in [-0.2, 0) is 11.3 Å². The first-order chi connectivity index (χ1) is 11.6. The normalized spacial score (nSPS) is 10.5. The number of carbonyl (C=O) groups is 1. The van der Waals surface area contributed by atoms with Crippen molar-refractivity contribution in [1.29, 1.82) is 0 Å². The number of nitrogen functional groups attached to an aromatic ring is 1. The highest BCUT2D eigenvalue weighted by molar-refractivity contribution is 7.99. The third-order valence-electron chi connectivity index (χ3n) is 3.42. The summed E-state index contributed by atoms with van der Waals surface area (Å²) in [5.74, 6) is 7.19. The van der Waals surface area contributed by atoms with Crippen LogP contribution in [0.1, 0.15) is 12.5 Å². The lowest BCUT2D eigenvalue weighted by Crippen LogP contribution is -2.31. The number of benzene rings is 1. The van der Waals surface area contributed by atoms with Gasteiger partial charge in [-0.2, -0.15) is 0 Å². The minimum atomic E-state index is 0.000264. The van der Waals surface area contributed by atoms with Crippen LogP contribution in [0, 0.1) is 0 Å². The van der Waals surface area contributed by atoms with E-state index in [9.17, 15) is 4.79 Å². The number of nitrogens with two attached hydrogens (primary N) is 1. The van der Waals surface area contributed by atoms with Gasteiger partial charge in [-0.15, -0.1) is 10.2 Å². The van der Waals surface area contributed by atoms with E-state index in [1.54, 1.807) is 19.1 Å². The molecule has 2 rings (SSSR count). The van der Waals surface area contributed by atoms with Crippen molar-refractivity contribution < 1.29 is 14.3 Å². The molecule has 1 aromatic carbocycles. The molecular weight excluding hydrogens is 330 g/mol. The first kappa shape index (κ1) is 17.9. The number of methoxy groups -OCH3 is 2. The summed E-state index contributed by atoms with van der Waals surface area (Å²) in [5, 5.41) is 8.04. The minimum Gasteiger partial charge on any atom is -0.493 e. The lowest BCUT2D eigenvalue weighted by Gasteiger charge is -2.21. The smallest absolute Gasteiger partial charge is 0.233 e. The van der Waals surface area contributed by atoms with E-state index in [-0.39, 0.29) is 11.7 Å². The van der Waals surface area contributed by atoms with Crippen LogP contribution >= 0.6 is 11.8 Å². The minimum absolute atomic E-state index is 0.000264. The molecule has 0 saturated heterocycles. The number of hydrogen-bond donors (Lipinski definition) is 1. The summed E-state index contributed by atoms with van der Waals surface area (Å²) in [5.41, 5.74) is 0.967. The van der Waals surface area contributed by atoms with Gasteiger partial charge in [0, 0.05) is 13.1 Å². The van der Waals surface area contributed by atoms with Crippen molar-refractivity contribution in [2.75, 3.05) is 32.4 Å². The average molecular weight is 351 g/mol. The van der Waals surface area contributed by atoms with Crippen molar-refractivity contribution >= 4 is 17.7 Å². The van der Waals surface area contributed by atoms with E-state index in [4.69, 9.17) is 15.3 Å². The topological polar surface area (TPSA) is 95.5 Å². The number of amides is 1. The van der Waals surface area contributed by atoms with Gasteiger partial charge < -0.3 is 20.2 Å². The SMILES string of the molecule is CCN(Cc1ccc(OC)c(OC)c1)C(=O)CSc1nncn1N. The van der Waals surface area contributed by atoms with E-state index in [1.807, 2.05) is 25.1 Å². The van der Waals surface area contributed by atoms with Gasteiger partial charge in [-0.3, -0.25) is 4.79 Å². The lowest BCUT2D eigenvalue weighted by atomic mass is 10.2. The molecule has 9 heteroatoms. The quantitative estimate of drug-likeness (QED) is 0.563. The van der Waals surface area contributed by atoms with E-state index in [2.05, 4.69) is 10.2 Å². The van der Waals surface area contributed by atoms with E-state index in [0.29, 0.717) is 29.7 Å². The number of thioether (sulfide) groups is 1. The van der Waals surface area contributed by atoms with Gasteiger partial charge in [0.05, 0.1) is 20.0 Å². The maximum absolute atomic E-state index is 12.4. The fourth-order valence-corrected chi connectivity index (χ4v) is 2.86. The van der Waals surface area contributed by atoms with Crippen LogP contribution in [0.4, 0.5) is 0 Å². The summed E-state index contributed by atoms with van der Waals surface area (Å²) < 4.78 is 11.8. The summed E-state index contributed by atoms with van der Waals surface area (Å²) in [7, 11) is 3.18. The van der Waals surface area contributed by atoms with Crippen molar-refractivity contribution in [1.82, 2.24) is 19.8 Å². The Morgan fingerprint density at radius 2 is 2.08 bits per heavy atom. The molecule has 0 saturated carbocycles. The van der Waals surface area contributed by atoms with Crippen LogP contribution in [0.5, 0.6) is 11.5 Å². The van der Waals surface area contributed by atoms with Crippen LogP contribution in [0.2, 0.25) is 0 Å². The zero-order valence-electron chi connectivity index (χ0n) is 13.9. The molecule has 130 valence electrons.